The molecule has 0 N–H and O–H groups in total. The Hall–Kier alpha value is -3.33. The van der Waals surface area contributed by atoms with Gasteiger partial charge < -0.3 is 14.2 Å². The lowest BCUT2D eigenvalue weighted by molar-refractivity contribution is -0.149. The number of hydrogen-bond donors (Lipinski definition) is 0. The Labute approximate surface area is 195 Å². The Morgan fingerprint density at radius 2 is 1.88 bits per heavy atom. The van der Waals surface area contributed by atoms with Crippen molar-refractivity contribution in [3.05, 3.63) is 64.3 Å². The molecule has 2 aromatic carbocycles. The predicted octanol–water partition coefficient (Wildman–Crippen LogP) is 4.79. The predicted molar refractivity (Wildman–Crippen MR) is 122 cm³/mol. The number of benzene rings is 2. The molecule has 1 aliphatic rings. The van der Waals surface area contributed by atoms with E-state index >= 15 is 0 Å². The summed E-state index contributed by atoms with van der Waals surface area (Å²) in [5.74, 6) is -0.740. The average molecular weight is 474 g/mol. The van der Waals surface area contributed by atoms with Gasteiger partial charge in [-0.15, -0.1) is 0 Å². The maximum absolute atomic E-state index is 13.9. The highest BCUT2D eigenvalue weighted by molar-refractivity contribution is 8.18. The number of rotatable bonds is 9. The summed E-state index contributed by atoms with van der Waals surface area (Å²) in [6.45, 7) is 5.14. The van der Waals surface area contributed by atoms with Gasteiger partial charge in [-0.1, -0.05) is 24.3 Å². The molecule has 0 bridgehead atoms. The summed E-state index contributed by atoms with van der Waals surface area (Å²) in [6.07, 6.45) is 1.20. The lowest BCUT2D eigenvalue weighted by Crippen LogP contribution is -2.35. The molecule has 9 heteroatoms. The normalized spacial score (nSPS) is 14.8. The van der Waals surface area contributed by atoms with E-state index < -0.39 is 23.7 Å². The van der Waals surface area contributed by atoms with E-state index in [4.69, 9.17) is 14.2 Å². The van der Waals surface area contributed by atoms with E-state index in [-0.39, 0.29) is 23.4 Å². The summed E-state index contributed by atoms with van der Waals surface area (Å²) < 4.78 is 30.3. The van der Waals surface area contributed by atoms with Crippen LogP contribution in [0.25, 0.3) is 6.08 Å². The summed E-state index contributed by atoms with van der Waals surface area (Å²) in [4.78, 5) is 37.7. The molecular formula is C24H24FNO6S. The fourth-order valence-corrected chi connectivity index (χ4v) is 3.83. The van der Waals surface area contributed by atoms with Crippen LogP contribution in [-0.4, -0.2) is 41.3 Å². The number of esters is 1. The molecule has 0 unspecified atom stereocenters. The molecule has 2 amide bonds. The standard InChI is InChI=1S/C24H24FNO6S/c1-4-30-20-11-16(9-10-19(20)31-14-17-7-5-6-8-18(17)25)12-21-23(28)26(24(29)33-21)13-22(27)32-15(2)3/h5-12,15H,4,13-14H2,1-3H3/b21-12-. The Bertz CT molecular complexity index is 1080. The van der Waals surface area contributed by atoms with Crippen molar-refractivity contribution in [2.45, 2.75) is 33.5 Å². The molecule has 3 rings (SSSR count). The molecule has 1 heterocycles. The molecular weight excluding hydrogens is 449 g/mol. The van der Waals surface area contributed by atoms with Crippen LogP contribution in [0.2, 0.25) is 0 Å². The van der Waals surface area contributed by atoms with Crippen molar-refractivity contribution in [1.82, 2.24) is 4.90 Å². The Kier molecular flexibility index (Phi) is 8.11. The van der Waals surface area contributed by atoms with Crippen LogP contribution >= 0.6 is 11.8 Å². The molecule has 0 radical (unpaired) electrons. The first-order valence-corrected chi connectivity index (χ1v) is 11.2. The summed E-state index contributed by atoms with van der Waals surface area (Å²) in [6, 6.07) is 11.3. The maximum Gasteiger partial charge on any atom is 0.326 e. The second-order valence-corrected chi connectivity index (χ2v) is 8.32. The van der Waals surface area contributed by atoms with Crippen molar-refractivity contribution in [2.24, 2.45) is 0 Å². The highest BCUT2D eigenvalue weighted by atomic mass is 32.2. The van der Waals surface area contributed by atoms with Gasteiger partial charge in [-0.05, 0) is 62.4 Å². The Morgan fingerprint density at radius 3 is 2.58 bits per heavy atom. The van der Waals surface area contributed by atoms with Crippen molar-refractivity contribution in [3.8, 4) is 11.5 Å². The third kappa shape index (κ3) is 6.35. The van der Waals surface area contributed by atoms with Gasteiger partial charge in [0.2, 0.25) is 0 Å². The molecule has 1 saturated heterocycles. The van der Waals surface area contributed by atoms with E-state index in [0.29, 0.717) is 29.2 Å². The lowest BCUT2D eigenvalue weighted by atomic mass is 10.1. The third-order valence-corrected chi connectivity index (χ3v) is 5.34. The summed E-state index contributed by atoms with van der Waals surface area (Å²) in [5.41, 5.74) is 1.01. The molecule has 0 aromatic heterocycles. The quantitative estimate of drug-likeness (QED) is 0.382. The Balaban J connectivity index is 1.75. The summed E-state index contributed by atoms with van der Waals surface area (Å²) in [5, 5.41) is -0.540. The molecule has 0 spiro atoms. The average Bonchev–Trinajstić information content (AvgIpc) is 3.01. The first kappa shape index (κ1) is 24.3. The number of imide groups is 1. The molecule has 0 saturated carbocycles. The van der Waals surface area contributed by atoms with Gasteiger partial charge in [-0.25, -0.2) is 4.39 Å². The van der Waals surface area contributed by atoms with Gasteiger partial charge in [0.05, 0.1) is 17.6 Å². The minimum Gasteiger partial charge on any atom is -0.490 e. The highest BCUT2D eigenvalue weighted by Crippen LogP contribution is 2.35. The second kappa shape index (κ2) is 11.0. The van der Waals surface area contributed by atoms with Crippen LogP contribution < -0.4 is 9.47 Å². The van der Waals surface area contributed by atoms with Crippen LogP contribution in [0.5, 0.6) is 11.5 Å². The number of thioether (sulfide) groups is 1. The summed E-state index contributed by atoms with van der Waals surface area (Å²) in [7, 11) is 0. The molecule has 2 aromatic rings. The summed E-state index contributed by atoms with van der Waals surface area (Å²) >= 11 is 0.747. The maximum atomic E-state index is 13.9. The minimum atomic E-state index is -0.650. The number of carbonyl (C=O) groups excluding carboxylic acids is 3. The van der Waals surface area contributed by atoms with Gasteiger partial charge in [0.1, 0.15) is 19.0 Å². The second-order valence-electron chi connectivity index (χ2n) is 7.33. The van der Waals surface area contributed by atoms with Crippen molar-refractivity contribution in [3.63, 3.8) is 0 Å². The Morgan fingerprint density at radius 1 is 1.12 bits per heavy atom. The minimum absolute atomic E-state index is 0.0253. The van der Waals surface area contributed by atoms with Gasteiger partial charge in [0, 0.05) is 5.56 Å². The monoisotopic (exact) mass is 473 g/mol. The van der Waals surface area contributed by atoms with Crippen LogP contribution in [-0.2, 0) is 20.9 Å². The highest BCUT2D eigenvalue weighted by Gasteiger charge is 2.36. The molecule has 33 heavy (non-hydrogen) atoms. The van der Waals surface area contributed by atoms with E-state index in [9.17, 15) is 18.8 Å². The van der Waals surface area contributed by atoms with Crippen molar-refractivity contribution >= 4 is 35.0 Å². The number of halogens is 1. The number of amides is 2. The zero-order valence-corrected chi connectivity index (χ0v) is 19.3. The van der Waals surface area contributed by atoms with Crippen LogP contribution in [0.3, 0.4) is 0 Å². The van der Waals surface area contributed by atoms with E-state index in [2.05, 4.69) is 0 Å². The zero-order chi connectivity index (χ0) is 24.0. The van der Waals surface area contributed by atoms with Crippen LogP contribution in [0.1, 0.15) is 31.9 Å². The molecule has 7 nitrogen and oxygen atoms in total. The molecule has 1 fully saturated rings. The molecule has 0 aliphatic carbocycles. The molecule has 174 valence electrons. The SMILES string of the molecule is CCOc1cc(/C=C2\SC(=O)N(CC(=O)OC(C)C)C2=O)ccc1OCc1ccccc1F. The number of nitrogens with zero attached hydrogens (tertiary/aromatic N) is 1. The topological polar surface area (TPSA) is 82.1 Å². The van der Waals surface area contributed by atoms with E-state index in [0.717, 1.165) is 16.7 Å². The molecule has 1 aliphatic heterocycles. The van der Waals surface area contributed by atoms with Crippen LogP contribution in [0.15, 0.2) is 47.4 Å². The van der Waals surface area contributed by atoms with E-state index in [1.54, 1.807) is 56.3 Å². The fraction of sp³-hybridized carbons (Fsp3) is 0.292. The zero-order valence-electron chi connectivity index (χ0n) is 18.5. The van der Waals surface area contributed by atoms with Gasteiger partial charge in [-0.3, -0.25) is 19.3 Å². The van der Waals surface area contributed by atoms with E-state index in [1.165, 1.54) is 6.07 Å². The largest absolute Gasteiger partial charge is 0.490 e. The fourth-order valence-electron chi connectivity index (χ4n) is 2.99. The number of carbonyl (C=O) groups is 3. The van der Waals surface area contributed by atoms with Gasteiger partial charge >= 0.3 is 5.97 Å². The van der Waals surface area contributed by atoms with Gasteiger partial charge in [0.25, 0.3) is 11.1 Å². The molecule has 0 atom stereocenters. The van der Waals surface area contributed by atoms with Crippen LogP contribution in [0, 0.1) is 5.82 Å². The lowest BCUT2D eigenvalue weighted by Gasteiger charge is -2.14. The van der Waals surface area contributed by atoms with Crippen molar-refractivity contribution in [1.29, 1.82) is 0 Å². The third-order valence-electron chi connectivity index (χ3n) is 4.43. The van der Waals surface area contributed by atoms with Crippen molar-refractivity contribution < 1.29 is 33.0 Å². The smallest absolute Gasteiger partial charge is 0.326 e. The number of ether oxygens (including phenoxy) is 3. The van der Waals surface area contributed by atoms with Crippen LogP contribution in [0.4, 0.5) is 9.18 Å². The van der Waals surface area contributed by atoms with Gasteiger partial charge in [-0.2, -0.15) is 0 Å². The first-order valence-electron chi connectivity index (χ1n) is 10.4. The van der Waals surface area contributed by atoms with Crippen molar-refractivity contribution in [2.75, 3.05) is 13.2 Å². The van der Waals surface area contributed by atoms with E-state index in [1.807, 2.05) is 6.92 Å². The first-order chi connectivity index (χ1) is 15.8. The van der Waals surface area contributed by atoms with Gasteiger partial charge in [0.15, 0.2) is 11.5 Å². The number of hydrogen-bond acceptors (Lipinski definition) is 7.